The van der Waals surface area contributed by atoms with Gasteiger partial charge in [-0.05, 0) is 46.5 Å². The average molecular weight is 841 g/mol. The molecule has 2 N–H and O–H groups in total. The predicted octanol–water partition coefficient (Wildman–Crippen LogP) is 12.4. The van der Waals surface area contributed by atoms with E-state index in [9.17, 15) is 35.9 Å². The first kappa shape index (κ1) is 48.4. The monoisotopic (exact) mass is 838 g/mol. The first-order chi connectivity index (χ1) is 24.1. The van der Waals surface area contributed by atoms with Gasteiger partial charge in [-0.2, -0.15) is 26.3 Å². The Labute approximate surface area is 320 Å². The van der Waals surface area contributed by atoms with Crippen LogP contribution in [0.1, 0.15) is 89.2 Å². The highest BCUT2D eigenvalue weighted by atomic mass is 79.9. The number of halogens is 9. The highest BCUT2D eigenvalue weighted by Gasteiger charge is 2.41. The van der Waals surface area contributed by atoms with Crippen molar-refractivity contribution in [3.8, 4) is 0 Å². The van der Waals surface area contributed by atoms with Crippen molar-refractivity contribution in [1.29, 1.82) is 0 Å². The van der Waals surface area contributed by atoms with Gasteiger partial charge in [-0.1, -0.05) is 135 Å². The molecule has 4 aromatic carbocycles. The van der Waals surface area contributed by atoms with Crippen LogP contribution < -0.4 is 5.73 Å². The molecule has 0 saturated carbocycles. The summed E-state index contributed by atoms with van der Waals surface area (Å²) in [6.07, 6.45) is -9.27. The minimum Gasteiger partial charge on any atom is -0.465 e. The van der Waals surface area contributed by atoms with E-state index >= 15 is 0 Å². The highest BCUT2D eigenvalue weighted by molar-refractivity contribution is 9.08. The smallest absolute Gasteiger partial charge is 0.417 e. The molecule has 0 atom stereocenters. The van der Waals surface area contributed by atoms with E-state index in [1.807, 2.05) is 88.4 Å². The molecule has 1 amide bonds. The molecule has 52 heavy (non-hydrogen) atoms. The van der Waals surface area contributed by atoms with Gasteiger partial charge in [0.1, 0.15) is 0 Å². The number of hydrogen-bond donors (Lipinski definition) is 1. The molecule has 1 aliphatic heterocycles. The molecule has 1 aliphatic rings. The van der Waals surface area contributed by atoms with Gasteiger partial charge in [0.05, 0.1) is 29.4 Å². The van der Waals surface area contributed by atoms with Crippen LogP contribution in [0.5, 0.6) is 0 Å². The molecule has 0 spiro atoms. The average Bonchev–Trinajstić information content (AvgIpc) is 3.42. The second kappa shape index (κ2) is 23.2. The summed E-state index contributed by atoms with van der Waals surface area (Å²) in [5.74, 6) is -1.65. The topological polar surface area (TPSA) is 72.6 Å². The minimum absolute atomic E-state index is 0. The lowest BCUT2D eigenvalue weighted by molar-refractivity contribution is -0.138. The number of rotatable bonds is 5. The molecule has 5 rings (SSSR count). The van der Waals surface area contributed by atoms with E-state index < -0.39 is 40.9 Å². The van der Waals surface area contributed by atoms with E-state index in [-0.39, 0.29) is 47.0 Å². The van der Waals surface area contributed by atoms with E-state index in [1.165, 1.54) is 22.6 Å². The Kier molecular flexibility index (Phi) is 21.6. The second-order valence-corrected chi connectivity index (χ2v) is 11.4. The van der Waals surface area contributed by atoms with Gasteiger partial charge in [0.15, 0.2) is 0 Å². The second-order valence-electron chi connectivity index (χ2n) is 9.93. The van der Waals surface area contributed by atoms with Gasteiger partial charge in [0.25, 0.3) is 5.91 Å². The van der Waals surface area contributed by atoms with Crippen molar-refractivity contribution in [1.82, 2.24) is 4.90 Å². The fraction of sp³-hybridized carbons (Fsp3) is 0.316. The molecule has 0 fully saturated rings. The van der Waals surface area contributed by atoms with Crippen LogP contribution in [0.25, 0.3) is 0 Å². The lowest BCUT2D eigenvalue weighted by atomic mass is 10.0. The standard InChI is InChI=1S/C16H11ClF3NO.C10H7BrClF3O2.C7H9N.2C2H6.CH4/c17-12-6-11-9-21(8-10-4-2-1-3-5-10)15(22)14(11)13(7-12)16(18,19)20;1-17-9(16)8-5(4-11)2-6(12)3-7(8)10(13,14)15;8-6-7-4-2-1-3-5-7;2*1-2;/h1-7H,8-9H2;2-3H,4H2,1H3;1-5H,6,8H2;2*1-2H3;1H4. The normalized spacial score (nSPS) is 11.4. The van der Waals surface area contributed by atoms with Crippen LogP contribution in [-0.4, -0.2) is 23.9 Å². The van der Waals surface area contributed by atoms with Crippen LogP contribution in [0.15, 0.2) is 84.9 Å². The van der Waals surface area contributed by atoms with Crippen LogP contribution >= 0.6 is 39.1 Å². The maximum Gasteiger partial charge on any atom is 0.417 e. The van der Waals surface area contributed by atoms with E-state index in [0.717, 1.165) is 18.7 Å². The van der Waals surface area contributed by atoms with Crippen molar-refractivity contribution < 1.29 is 40.7 Å². The van der Waals surface area contributed by atoms with Gasteiger partial charge in [-0.3, -0.25) is 4.79 Å². The predicted molar refractivity (Wildman–Crippen MR) is 201 cm³/mol. The summed E-state index contributed by atoms with van der Waals surface area (Å²) < 4.78 is 82.0. The van der Waals surface area contributed by atoms with Crippen LogP contribution in [0, 0.1) is 0 Å². The molecular weight excluding hydrogens is 797 g/mol. The number of ether oxygens (including phenoxy) is 1. The maximum absolute atomic E-state index is 13.1. The zero-order valence-electron chi connectivity index (χ0n) is 28.6. The summed E-state index contributed by atoms with van der Waals surface area (Å²) in [7, 11) is 1.02. The van der Waals surface area contributed by atoms with Crippen molar-refractivity contribution in [2.45, 2.75) is 72.4 Å². The summed E-state index contributed by atoms with van der Waals surface area (Å²) in [5, 5.41) is -0.0268. The highest BCUT2D eigenvalue weighted by Crippen LogP contribution is 2.40. The van der Waals surface area contributed by atoms with Crippen molar-refractivity contribution in [2.75, 3.05) is 7.11 Å². The Morgan fingerprint density at radius 3 is 1.69 bits per heavy atom. The molecule has 4 aromatic rings. The van der Waals surface area contributed by atoms with Crippen molar-refractivity contribution >= 4 is 51.0 Å². The zero-order chi connectivity index (χ0) is 38.9. The molecule has 0 bridgehead atoms. The number of benzene rings is 4. The number of esters is 1. The molecule has 0 aromatic heterocycles. The van der Waals surface area contributed by atoms with E-state index in [0.29, 0.717) is 18.2 Å². The molecule has 0 saturated heterocycles. The molecule has 286 valence electrons. The quantitative estimate of drug-likeness (QED) is 0.123. The number of fused-ring (bicyclic) bond motifs is 1. The van der Waals surface area contributed by atoms with Crippen molar-refractivity contribution in [3.05, 3.63) is 139 Å². The van der Waals surface area contributed by atoms with Crippen molar-refractivity contribution in [3.63, 3.8) is 0 Å². The maximum atomic E-state index is 13.1. The third-order valence-corrected chi connectivity index (χ3v) is 7.71. The van der Waals surface area contributed by atoms with Crippen LogP contribution in [0.4, 0.5) is 26.3 Å². The minimum atomic E-state index is -4.66. The summed E-state index contributed by atoms with van der Waals surface area (Å²) in [6, 6.07) is 23.4. The lowest BCUT2D eigenvalue weighted by Gasteiger charge is -2.16. The molecular formula is C38H43BrCl2F6N2O3. The summed E-state index contributed by atoms with van der Waals surface area (Å²) >= 11 is 14.3. The Morgan fingerprint density at radius 1 is 0.808 bits per heavy atom. The van der Waals surface area contributed by atoms with Gasteiger partial charge in [0, 0.05) is 35.0 Å². The van der Waals surface area contributed by atoms with Crippen LogP contribution in [0.2, 0.25) is 10.0 Å². The van der Waals surface area contributed by atoms with Gasteiger partial charge in [-0.25, -0.2) is 4.79 Å². The first-order valence-corrected chi connectivity index (χ1v) is 17.5. The Balaban J connectivity index is 0.000000769. The molecule has 1 heterocycles. The SMILES string of the molecule is C.CC.CC.COC(=O)c1c(CBr)cc(Cl)cc1C(F)(F)F.NCc1ccccc1.O=C1c2c(cc(Cl)cc2C(F)(F)F)CN1Cc1ccccc1. The molecule has 5 nitrogen and oxygen atoms in total. The summed E-state index contributed by atoms with van der Waals surface area (Å²) in [4.78, 5) is 25.1. The van der Waals surface area contributed by atoms with Gasteiger partial charge in [0.2, 0.25) is 0 Å². The van der Waals surface area contributed by atoms with Crippen molar-refractivity contribution in [2.24, 2.45) is 5.73 Å². The summed E-state index contributed by atoms with van der Waals surface area (Å²) in [6.45, 7) is 9.04. The fourth-order valence-corrected chi connectivity index (χ4v) is 5.50. The number of carbonyl (C=O) groups excluding carboxylic acids is 2. The van der Waals surface area contributed by atoms with E-state index in [4.69, 9.17) is 28.9 Å². The summed E-state index contributed by atoms with van der Waals surface area (Å²) in [5.41, 5.74) is 5.01. The lowest BCUT2D eigenvalue weighted by Crippen LogP contribution is -2.24. The Hall–Kier alpha value is -3.58. The van der Waals surface area contributed by atoms with Crippen LogP contribution in [0.3, 0.4) is 0 Å². The van der Waals surface area contributed by atoms with Gasteiger partial charge >= 0.3 is 18.3 Å². The van der Waals surface area contributed by atoms with Gasteiger partial charge < -0.3 is 15.4 Å². The number of methoxy groups -OCH3 is 1. The van der Waals surface area contributed by atoms with Gasteiger partial charge in [-0.15, -0.1) is 0 Å². The number of amides is 1. The molecule has 14 heteroatoms. The third kappa shape index (κ3) is 14.1. The Morgan fingerprint density at radius 2 is 1.27 bits per heavy atom. The molecule has 0 aliphatic carbocycles. The Bertz CT molecular complexity index is 1690. The fourth-order valence-electron chi connectivity index (χ4n) is 4.58. The number of nitrogens with two attached hydrogens (primary N) is 1. The number of carbonyl (C=O) groups is 2. The number of nitrogens with zero attached hydrogens (tertiary/aromatic N) is 1. The first-order valence-electron chi connectivity index (χ1n) is 15.6. The number of hydrogen-bond acceptors (Lipinski definition) is 4. The van der Waals surface area contributed by atoms with Crippen LogP contribution in [-0.2, 0) is 42.1 Å². The largest absolute Gasteiger partial charge is 0.465 e. The zero-order valence-corrected chi connectivity index (χ0v) is 31.7. The van der Waals surface area contributed by atoms with E-state index in [1.54, 1.807) is 0 Å². The van der Waals surface area contributed by atoms with E-state index in [2.05, 4.69) is 20.7 Å². The molecule has 0 radical (unpaired) electrons. The number of alkyl halides is 7. The molecule has 0 unspecified atom stereocenters. The third-order valence-electron chi connectivity index (χ3n) is 6.67.